The summed E-state index contributed by atoms with van der Waals surface area (Å²) in [7, 11) is 0. The molecule has 2 amide bonds. The molecule has 0 fully saturated rings. The first-order valence-electron chi connectivity index (χ1n) is 10.3. The van der Waals surface area contributed by atoms with Crippen LogP contribution in [0.5, 0.6) is 0 Å². The zero-order chi connectivity index (χ0) is 21.6. The lowest BCUT2D eigenvalue weighted by molar-refractivity contribution is -0.118. The summed E-state index contributed by atoms with van der Waals surface area (Å²) in [6, 6.07) is 14.9. The third kappa shape index (κ3) is 6.16. The van der Waals surface area contributed by atoms with Gasteiger partial charge in [0.2, 0.25) is 11.8 Å². The second kappa shape index (κ2) is 10.2. The van der Waals surface area contributed by atoms with Gasteiger partial charge in [-0.25, -0.2) is 0 Å². The minimum Gasteiger partial charge on any atom is -0.366 e. The molecular formula is C24H33N3O2. The van der Waals surface area contributed by atoms with Gasteiger partial charge in [0.05, 0.1) is 6.04 Å². The lowest BCUT2D eigenvalue weighted by atomic mass is 9.91. The van der Waals surface area contributed by atoms with Crippen molar-refractivity contribution in [2.24, 2.45) is 11.7 Å². The van der Waals surface area contributed by atoms with Gasteiger partial charge in [-0.2, -0.15) is 0 Å². The van der Waals surface area contributed by atoms with Crippen molar-refractivity contribution in [3.05, 3.63) is 65.2 Å². The molecular weight excluding hydrogens is 362 g/mol. The molecule has 0 spiro atoms. The summed E-state index contributed by atoms with van der Waals surface area (Å²) in [5.74, 6) is 0.255. The van der Waals surface area contributed by atoms with Crippen LogP contribution in [0.4, 0.5) is 5.69 Å². The molecule has 2 aromatic rings. The van der Waals surface area contributed by atoms with E-state index in [1.165, 1.54) is 11.1 Å². The zero-order valence-electron chi connectivity index (χ0n) is 18.0. The molecule has 2 aromatic carbocycles. The number of nitrogens with one attached hydrogen (secondary N) is 2. The van der Waals surface area contributed by atoms with Crippen molar-refractivity contribution >= 4 is 17.5 Å². The van der Waals surface area contributed by atoms with Gasteiger partial charge in [-0.15, -0.1) is 0 Å². The number of amides is 2. The smallest absolute Gasteiger partial charge is 0.248 e. The quantitative estimate of drug-likeness (QED) is 0.579. The molecule has 0 radical (unpaired) electrons. The molecule has 0 saturated carbocycles. The molecule has 4 N–H and O–H groups in total. The molecule has 0 aliphatic carbocycles. The standard InChI is InChI=1S/C24H33N3O2/c1-6-16(4)18-7-9-19(10-8-18)22(15(2)3)26-17(5)24(29)27-21-13-11-20(12-14-21)23(25)28/h7-17,22,26H,6H2,1-5H3,(H2,25,28)(H,27,29)/t16-,17+,22-/m1/s1. The van der Waals surface area contributed by atoms with E-state index >= 15 is 0 Å². The highest BCUT2D eigenvalue weighted by atomic mass is 16.2. The largest absolute Gasteiger partial charge is 0.366 e. The maximum atomic E-state index is 12.6. The van der Waals surface area contributed by atoms with Crippen molar-refractivity contribution < 1.29 is 9.59 Å². The van der Waals surface area contributed by atoms with Crippen LogP contribution in [0.15, 0.2) is 48.5 Å². The highest BCUT2D eigenvalue weighted by Gasteiger charge is 2.22. The van der Waals surface area contributed by atoms with Crippen LogP contribution in [0.2, 0.25) is 0 Å². The number of benzene rings is 2. The Balaban J connectivity index is 2.05. The molecule has 2 rings (SSSR count). The number of primary amides is 1. The monoisotopic (exact) mass is 395 g/mol. The third-order valence-corrected chi connectivity index (χ3v) is 5.40. The summed E-state index contributed by atoms with van der Waals surface area (Å²) in [4.78, 5) is 23.8. The molecule has 0 aromatic heterocycles. The first kappa shape index (κ1) is 22.6. The predicted molar refractivity (Wildman–Crippen MR) is 119 cm³/mol. The van der Waals surface area contributed by atoms with Gasteiger partial charge < -0.3 is 11.1 Å². The number of nitrogens with two attached hydrogens (primary N) is 1. The fourth-order valence-corrected chi connectivity index (χ4v) is 3.25. The second-order valence-electron chi connectivity index (χ2n) is 8.02. The van der Waals surface area contributed by atoms with Gasteiger partial charge in [-0.3, -0.25) is 14.9 Å². The van der Waals surface area contributed by atoms with Crippen LogP contribution < -0.4 is 16.4 Å². The maximum Gasteiger partial charge on any atom is 0.248 e. The summed E-state index contributed by atoms with van der Waals surface area (Å²) >= 11 is 0. The van der Waals surface area contributed by atoms with E-state index in [0.29, 0.717) is 23.1 Å². The number of hydrogen-bond acceptors (Lipinski definition) is 3. The Morgan fingerprint density at radius 3 is 1.93 bits per heavy atom. The van der Waals surface area contributed by atoms with Crippen LogP contribution in [-0.4, -0.2) is 17.9 Å². The lowest BCUT2D eigenvalue weighted by Crippen LogP contribution is -2.41. The minimum atomic E-state index is -0.489. The van der Waals surface area contributed by atoms with Crippen molar-refractivity contribution in [2.75, 3.05) is 5.32 Å². The highest BCUT2D eigenvalue weighted by Crippen LogP contribution is 2.26. The summed E-state index contributed by atoms with van der Waals surface area (Å²) < 4.78 is 0. The van der Waals surface area contributed by atoms with E-state index in [1.54, 1.807) is 24.3 Å². The van der Waals surface area contributed by atoms with E-state index in [2.05, 4.69) is 62.6 Å². The van der Waals surface area contributed by atoms with E-state index in [-0.39, 0.29) is 18.0 Å². The van der Waals surface area contributed by atoms with Crippen molar-refractivity contribution in [2.45, 2.75) is 59.0 Å². The van der Waals surface area contributed by atoms with Crippen molar-refractivity contribution in [3.8, 4) is 0 Å². The minimum absolute atomic E-state index is 0.0685. The van der Waals surface area contributed by atoms with E-state index in [0.717, 1.165) is 6.42 Å². The molecule has 5 nitrogen and oxygen atoms in total. The van der Waals surface area contributed by atoms with E-state index in [1.807, 2.05) is 6.92 Å². The SMILES string of the molecule is CC[C@@H](C)c1ccc([C@H](N[C@@H](C)C(=O)Nc2ccc(C(N)=O)cc2)C(C)C)cc1. The lowest BCUT2D eigenvalue weighted by Gasteiger charge is -2.27. The molecule has 29 heavy (non-hydrogen) atoms. The molecule has 5 heteroatoms. The first-order valence-corrected chi connectivity index (χ1v) is 10.3. The Morgan fingerprint density at radius 1 is 0.897 bits per heavy atom. The van der Waals surface area contributed by atoms with Crippen molar-refractivity contribution in [1.82, 2.24) is 5.32 Å². The van der Waals surface area contributed by atoms with Gasteiger partial charge in [0.25, 0.3) is 0 Å². The average Bonchev–Trinajstić information content (AvgIpc) is 2.71. The Kier molecular flexibility index (Phi) is 7.97. The molecule has 0 aliphatic heterocycles. The Labute approximate surface area is 174 Å². The van der Waals surface area contributed by atoms with Crippen molar-refractivity contribution in [3.63, 3.8) is 0 Å². The average molecular weight is 396 g/mol. The van der Waals surface area contributed by atoms with Gasteiger partial charge >= 0.3 is 0 Å². The highest BCUT2D eigenvalue weighted by molar-refractivity contribution is 5.96. The summed E-state index contributed by atoms with van der Waals surface area (Å²) in [6.07, 6.45) is 1.11. The van der Waals surface area contributed by atoms with Crippen LogP contribution in [0.1, 0.15) is 74.5 Å². The number of rotatable bonds is 9. The van der Waals surface area contributed by atoms with Crippen LogP contribution >= 0.6 is 0 Å². The Hall–Kier alpha value is -2.66. The van der Waals surface area contributed by atoms with E-state index in [4.69, 9.17) is 5.73 Å². The van der Waals surface area contributed by atoms with Gasteiger partial charge in [0.15, 0.2) is 0 Å². The molecule has 156 valence electrons. The summed E-state index contributed by atoms with van der Waals surface area (Å²) in [5, 5.41) is 6.34. The molecule has 0 unspecified atom stereocenters. The molecule has 0 heterocycles. The number of carbonyl (C=O) groups is 2. The first-order chi connectivity index (χ1) is 13.7. The fourth-order valence-electron chi connectivity index (χ4n) is 3.25. The van der Waals surface area contributed by atoms with Crippen LogP contribution in [-0.2, 0) is 4.79 Å². The van der Waals surface area contributed by atoms with Gasteiger partial charge in [-0.05, 0) is 60.6 Å². The van der Waals surface area contributed by atoms with Crippen LogP contribution in [0, 0.1) is 5.92 Å². The van der Waals surface area contributed by atoms with Gasteiger partial charge in [0.1, 0.15) is 0 Å². The molecule has 3 atom stereocenters. The van der Waals surface area contributed by atoms with Crippen LogP contribution in [0.3, 0.4) is 0 Å². The molecule has 0 aliphatic rings. The normalized spacial score (nSPS) is 14.3. The fraction of sp³-hybridized carbons (Fsp3) is 0.417. The second-order valence-corrected chi connectivity index (χ2v) is 8.02. The van der Waals surface area contributed by atoms with Gasteiger partial charge in [-0.1, -0.05) is 52.0 Å². The number of hydrogen-bond donors (Lipinski definition) is 3. The topological polar surface area (TPSA) is 84.2 Å². The predicted octanol–water partition coefficient (Wildman–Crippen LogP) is 4.61. The third-order valence-electron chi connectivity index (χ3n) is 5.40. The number of anilines is 1. The molecule has 0 bridgehead atoms. The Bertz CT molecular complexity index is 813. The molecule has 0 saturated heterocycles. The van der Waals surface area contributed by atoms with Crippen LogP contribution in [0.25, 0.3) is 0 Å². The number of carbonyl (C=O) groups excluding carboxylic acids is 2. The zero-order valence-corrected chi connectivity index (χ0v) is 18.0. The van der Waals surface area contributed by atoms with Crippen molar-refractivity contribution in [1.29, 1.82) is 0 Å². The maximum absolute atomic E-state index is 12.6. The van der Waals surface area contributed by atoms with Gasteiger partial charge in [0, 0.05) is 17.3 Å². The summed E-state index contributed by atoms with van der Waals surface area (Å²) in [5.41, 5.74) is 8.81. The summed E-state index contributed by atoms with van der Waals surface area (Å²) in [6.45, 7) is 10.6. The van der Waals surface area contributed by atoms with E-state index < -0.39 is 5.91 Å². The van der Waals surface area contributed by atoms with E-state index in [9.17, 15) is 9.59 Å². The Morgan fingerprint density at radius 2 is 1.45 bits per heavy atom.